The van der Waals surface area contributed by atoms with Crippen molar-refractivity contribution in [3.63, 3.8) is 0 Å². The number of anilines is 1. The Morgan fingerprint density at radius 3 is 2.56 bits per heavy atom. The highest BCUT2D eigenvalue weighted by Crippen LogP contribution is 2.23. The molecule has 0 spiro atoms. The van der Waals surface area contributed by atoms with Crippen LogP contribution in [0.25, 0.3) is 10.9 Å². The largest absolute Gasteiger partial charge is 0.462 e. The van der Waals surface area contributed by atoms with Crippen LogP contribution in [0.4, 0.5) is 5.69 Å². The molecule has 3 rings (SSSR count). The Labute approximate surface area is 158 Å². The van der Waals surface area contributed by atoms with Crippen molar-refractivity contribution in [3.05, 3.63) is 66.4 Å². The number of esters is 1. The highest BCUT2D eigenvalue weighted by atomic mass is 32.2. The Bertz CT molecular complexity index is 1040. The van der Waals surface area contributed by atoms with Crippen molar-refractivity contribution in [2.45, 2.75) is 24.7 Å². The molecular formula is C20H20N2O4S. The zero-order valence-electron chi connectivity index (χ0n) is 14.9. The molecule has 0 bridgehead atoms. The van der Waals surface area contributed by atoms with Crippen molar-refractivity contribution in [1.82, 2.24) is 4.98 Å². The lowest BCUT2D eigenvalue weighted by atomic mass is 10.2. The molecule has 7 heteroatoms. The molecule has 1 aromatic heterocycles. The van der Waals surface area contributed by atoms with Crippen LogP contribution in [0, 0.1) is 0 Å². The van der Waals surface area contributed by atoms with Crippen LogP contribution in [0.15, 0.2) is 65.7 Å². The summed E-state index contributed by atoms with van der Waals surface area (Å²) in [6, 6.07) is 14.7. The Morgan fingerprint density at radius 2 is 1.81 bits per heavy atom. The molecule has 0 fully saturated rings. The van der Waals surface area contributed by atoms with E-state index in [1.807, 2.05) is 6.92 Å². The molecule has 6 nitrogen and oxygen atoms in total. The zero-order chi connectivity index (χ0) is 19.3. The lowest BCUT2D eigenvalue weighted by Crippen LogP contribution is -2.14. The van der Waals surface area contributed by atoms with Crippen LogP contribution >= 0.6 is 0 Å². The van der Waals surface area contributed by atoms with Gasteiger partial charge in [0.15, 0.2) is 0 Å². The molecule has 1 N–H and O–H groups in total. The third kappa shape index (κ3) is 4.43. The summed E-state index contributed by atoms with van der Waals surface area (Å²) in [5, 5.41) is 0.741. The van der Waals surface area contributed by atoms with Crippen LogP contribution in [0.5, 0.6) is 0 Å². The van der Waals surface area contributed by atoms with Gasteiger partial charge in [0.05, 0.1) is 17.7 Å². The van der Waals surface area contributed by atoms with Crippen molar-refractivity contribution in [2.24, 2.45) is 0 Å². The number of pyridine rings is 1. The maximum Gasteiger partial charge on any atom is 0.338 e. The van der Waals surface area contributed by atoms with Crippen LogP contribution in [0.1, 0.15) is 30.1 Å². The van der Waals surface area contributed by atoms with E-state index in [9.17, 15) is 13.2 Å². The highest BCUT2D eigenvalue weighted by molar-refractivity contribution is 7.93. The molecule has 0 amide bonds. The summed E-state index contributed by atoms with van der Waals surface area (Å²) in [7, 11) is -3.82. The molecule has 0 unspecified atom stereocenters. The minimum atomic E-state index is -3.82. The number of rotatable bonds is 7. The Hall–Kier alpha value is -2.93. The van der Waals surface area contributed by atoms with Gasteiger partial charge < -0.3 is 4.74 Å². The fraction of sp³-hybridized carbons (Fsp3) is 0.200. The molecule has 0 saturated carbocycles. The van der Waals surface area contributed by atoms with E-state index in [0.717, 1.165) is 18.2 Å². The zero-order valence-corrected chi connectivity index (χ0v) is 15.7. The Morgan fingerprint density at radius 1 is 1.07 bits per heavy atom. The highest BCUT2D eigenvalue weighted by Gasteiger charge is 2.18. The molecule has 140 valence electrons. The first-order valence-corrected chi connectivity index (χ1v) is 10.1. The number of sulfonamides is 1. The fourth-order valence-corrected chi connectivity index (χ4v) is 3.81. The van der Waals surface area contributed by atoms with Gasteiger partial charge in [-0.25, -0.2) is 13.2 Å². The molecule has 0 aliphatic carbocycles. The number of para-hydroxylation sites is 1. The van der Waals surface area contributed by atoms with Gasteiger partial charge in [-0.05, 0) is 42.8 Å². The summed E-state index contributed by atoms with van der Waals surface area (Å²) in [5.74, 6) is -0.420. The fourth-order valence-electron chi connectivity index (χ4n) is 2.57. The van der Waals surface area contributed by atoms with E-state index in [4.69, 9.17) is 4.74 Å². The number of hydrogen-bond acceptors (Lipinski definition) is 5. The van der Waals surface area contributed by atoms with E-state index in [1.54, 1.807) is 30.5 Å². The van der Waals surface area contributed by atoms with Crippen molar-refractivity contribution >= 4 is 32.6 Å². The molecule has 0 aliphatic rings. The SMILES string of the molecule is CCCCOC(=O)c1ccc(NS(=O)(=O)c2cccc3cccnc23)cc1. The predicted octanol–water partition coefficient (Wildman–Crippen LogP) is 3.99. The van der Waals surface area contributed by atoms with Crippen LogP contribution in [0.2, 0.25) is 0 Å². The number of fused-ring (bicyclic) bond motifs is 1. The van der Waals surface area contributed by atoms with Crippen molar-refractivity contribution in [2.75, 3.05) is 11.3 Å². The molecule has 3 aromatic rings. The van der Waals surface area contributed by atoms with Crippen LogP contribution in [-0.4, -0.2) is 26.0 Å². The van der Waals surface area contributed by atoms with Gasteiger partial charge in [-0.1, -0.05) is 31.5 Å². The molecule has 0 saturated heterocycles. The summed E-state index contributed by atoms with van der Waals surface area (Å²) < 4.78 is 33.2. The third-order valence-electron chi connectivity index (χ3n) is 3.99. The van der Waals surface area contributed by atoms with Gasteiger partial charge in [0.25, 0.3) is 10.0 Å². The first-order chi connectivity index (χ1) is 13.0. The summed E-state index contributed by atoms with van der Waals surface area (Å²) in [6.07, 6.45) is 3.31. The summed E-state index contributed by atoms with van der Waals surface area (Å²) in [4.78, 5) is 16.2. The minimum Gasteiger partial charge on any atom is -0.462 e. The summed E-state index contributed by atoms with van der Waals surface area (Å²) in [6.45, 7) is 2.39. The lowest BCUT2D eigenvalue weighted by molar-refractivity contribution is 0.0500. The first kappa shape index (κ1) is 18.8. The second-order valence-electron chi connectivity index (χ2n) is 6.00. The first-order valence-electron chi connectivity index (χ1n) is 8.65. The summed E-state index contributed by atoms with van der Waals surface area (Å²) >= 11 is 0. The Balaban J connectivity index is 1.79. The van der Waals surface area contributed by atoms with Gasteiger partial charge >= 0.3 is 5.97 Å². The van der Waals surface area contributed by atoms with Gasteiger partial charge in [0, 0.05) is 17.3 Å². The van der Waals surface area contributed by atoms with E-state index >= 15 is 0 Å². The monoisotopic (exact) mass is 384 g/mol. The second-order valence-corrected chi connectivity index (χ2v) is 7.65. The summed E-state index contributed by atoms with van der Waals surface area (Å²) in [5.41, 5.74) is 1.14. The number of benzene rings is 2. The van der Waals surface area contributed by atoms with Gasteiger partial charge in [0.2, 0.25) is 0 Å². The van der Waals surface area contributed by atoms with Crippen molar-refractivity contribution in [3.8, 4) is 0 Å². The second kappa shape index (κ2) is 8.18. The van der Waals surface area contributed by atoms with E-state index in [-0.39, 0.29) is 4.90 Å². The third-order valence-corrected chi connectivity index (χ3v) is 5.40. The average Bonchev–Trinajstić information content (AvgIpc) is 2.68. The number of hydrogen-bond donors (Lipinski definition) is 1. The minimum absolute atomic E-state index is 0.101. The Kier molecular flexibility index (Phi) is 5.71. The molecule has 2 aromatic carbocycles. The number of unbranched alkanes of at least 4 members (excludes halogenated alkanes) is 1. The van der Waals surface area contributed by atoms with Crippen molar-refractivity contribution in [1.29, 1.82) is 0 Å². The normalized spacial score (nSPS) is 11.3. The number of carbonyl (C=O) groups is 1. The van der Waals surface area contributed by atoms with E-state index in [2.05, 4.69) is 9.71 Å². The molecule has 0 aliphatic heterocycles. The maximum absolute atomic E-state index is 12.8. The number of nitrogens with one attached hydrogen (secondary N) is 1. The van der Waals surface area contributed by atoms with E-state index in [0.29, 0.717) is 23.4 Å². The van der Waals surface area contributed by atoms with Crippen molar-refractivity contribution < 1.29 is 17.9 Å². The van der Waals surface area contributed by atoms with Crippen LogP contribution in [-0.2, 0) is 14.8 Å². The maximum atomic E-state index is 12.8. The van der Waals surface area contributed by atoms with E-state index in [1.165, 1.54) is 30.3 Å². The smallest absolute Gasteiger partial charge is 0.338 e. The standard InChI is InChI=1S/C20H20N2O4S/c1-2-3-14-26-20(23)16-9-11-17(12-10-16)22-27(24,25)18-8-4-6-15-7-5-13-21-19(15)18/h4-13,22H,2-3,14H2,1H3. The van der Waals surface area contributed by atoms with Gasteiger partial charge in [-0.2, -0.15) is 0 Å². The molecule has 0 radical (unpaired) electrons. The van der Waals surface area contributed by atoms with Gasteiger partial charge in [0.1, 0.15) is 4.90 Å². The number of ether oxygens (including phenoxy) is 1. The molecule has 0 atom stereocenters. The topological polar surface area (TPSA) is 85.4 Å². The number of nitrogens with zero attached hydrogens (tertiary/aromatic N) is 1. The van der Waals surface area contributed by atoms with Gasteiger partial charge in [-0.15, -0.1) is 0 Å². The van der Waals surface area contributed by atoms with Gasteiger partial charge in [-0.3, -0.25) is 9.71 Å². The lowest BCUT2D eigenvalue weighted by Gasteiger charge is -2.10. The quantitative estimate of drug-likeness (QED) is 0.492. The molecule has 27 heavy (non-hydrogen) atoms. The average molecular weight is 384 g/mol. The molecular weight excluding hydrogens is 364 g/mol. The van der Waals surface area contributed by atoms with E-state index < -0.39 is 16.0 Å². The molecule has 1 heterocycles. The number of aromatic nitrogens is 1. The van der Waals surface area contributed by atoms with Crippen LogP contribution < -0.4 is 4.72 Å². The van der Waals surface area contributed by atoms with Crippen LogP contribution in [0.3, 0.4) is 0 Å². The number of carbonyl (C=O) groups excluding carboxylic acids is 1. The predicted molar refractivity (Wildman–Crippen MR) is 104 cm³/mol.